The normalized spacial score (nSPS) is 22.4. The minimum Gasteiger partial charge on any atom is -0.481 e. The van der Waals surface area contributed by atoms with E-state index >= 15 is 0 Å². The van der Waals surface area contributed by atoms with Crippen molar-refractivity contribution < 1.29 is 67.0 Å². The fourth-order valence-electron chi connectivity index (χ4n) is 8.48. The first-order valence-electron chi connectivity index (χ1n) is 22.3. The van der Waals surface area contributed by atoms with Crippen LogP contribution in [0.25, 0.3) is 0 Å². The van der Waals surface area contributed by atoms with E-state index in [1.54, 1.807) is 149 Å². The van der Waals surface area contributed by atoms with Gasteiger partial charge in [0.05, 0.1) is 54.1 Å². The average molecular weight is 907 g/mol. The predicted octanol–water partition coefficient (Wildman–Crippen LogP) is 8.75. The Morgan fingerprint density at radius 1 is 0.591 bits per heavy atom. The largest absolute Gasteiger partial charge is 0.481 e. The quantitative estimate of drug-likeness (QED) is 0.0475. The molecule has 0 aromatic heterocycles. The molecule has 0 bridgehead atoms. The number of carbonyl (C=O) groups is 6. The molecule has 2 fully saturated rings. The zero-order valence-corrected chi connectivity index (χ0v) is 37.8. The van der Waals surface area contributed by atoms with Crippen molar-refractivity contribution in [3.63, 3.8) is 0 Å². The molecule has 14 heteroatoms. The molecule has 14 nitrogen and oxygen atoms in total. The van der Waals surface area contributed by atoms with E-state index in [0.29, 0.717) is 41.5 Å². The van der Waals surface area contributed by atoms with E-state index in [9.17, 15) is 33.9 Å². The van der Waals surface area contributed by atoms with Crippen molar-refractivity contribution in [1.29, 1.82) is 0 Å². The molecule has 2 saturated heterocycles. The fraction of sp³-hybridized carbons (Fsp3) is 0.423. The first kappa shape index (κ1) is 49.1. The van der Waals surface area contributed by atoms with Gasteiger partial charge < -0.3 is 38.3 Å². The Bertz CT molecular complexity index is 2290. The summed E-state index contributed by atoms with van der Waals surface area (Å²) >= 11 is 0. The summed E-state index contributed by atoms with van der Waals surface area (Å²) in [5, 5.41) is 10.1. The minimum atomic E-state index is -1.58. The molecule has 0 radical (unpaired) electrons. The van der Waals surface area contributed by atoms with Crippen molar-refractivity contribution in [3.8, 4) is 0 Å². The van der Waals surface area contributed by atoms with Crippen molar-refractivity contribution in [3.05, 3.63) is 144 Å². The summed E-state index contributed by atoms with van der Waals surface area (Å²) in [5.74, 6) is -4.24. The second-order valence-corrected chi connectivity index (χ2v) is 17.7. The molecule has 1 N–H and O–H groups in total. The third kappa shape index (κ3) is 12.5. The molecule has 2 aliphatic heterocycles. The molecule has 0 saturated carbocycles. The highest BCUT2D eigenvalue weighted by Gasteiger charge is 2.56. The Hall–Kier alpha value is -6.38. The highest BCUT2D eigenvalue weighted by molar-refractivity contribution is 5.91. The number of ether oxygens (including phenoxy) is 7. The standard InChI is InChI=1S/C52H58O14/c1-49(65-46(57)38-23-13-7-14-24-38,29-17-33-60-44(55)36-19-9-5-10-20-36)40-27-31-51(3,63-40)42(35-43(53)54)62-48(59)52(4)32-28-41(64-52)50(2,66-47(58)39-25-15-8-16-26-39)30-18-34-61-45(56)37-21-11-6-12-22-37/h5-16,19-26,40-42H,17-18,27-35H2,1-4H3,(H,53,54)/t40-,41+,42-,49-,50+,51-,52-/m0/s1. The van der Waals surface area contributed by atoms with Gasteiger partial charge in [0.1, 0.15) is 22.9 Å². The van der Waals surface area contributed by atoms with Gasteiger partial charge in [-0.15, -0.1) is 0 Å². The summed E-state index contributed by atoms with van der Waals surface area (Å²) in [5.41, 5.74) is -4.06. The molecule has 2 heterocycles. The Morgan fingerprint density at radius 3 is 1.38 bits per heavy atom. The number of rotatable bonds is 21. The summed E-state index contributed by atoms with van der Waals surface area (Å²) in [4.78, 5) is 79.0. The summed E-state index contributed by atoms with van der Waals surface area (Å²) in [6, 6.07) is 34.0. The predicted molar refractivity (Wildman–Crippen MR) is 240 cm³/mol. The lowest BCUT2D eigenvalue weighted by atomic mass is 9.88. The van der Waals surface area contributed by atoms with Gasteiger partial charge in [-0.2, -0.15) is 0 Å². The molecule has 0 spiro atoms. The molecule has 66 heavy (non-hydrogen) atoms. The van der Waals surface area contributed by atoms with Crippen LogP contribution >= 0.6 is 0 Å². The lowest BCUT2D eigenvalue weighted by Crippen LogP contribution is -2.51. The SMILES string of the molecule is C[C@](CCCOC(=O)c1ccccc1)(OC(=O)c1ccccc1)[C@H]1CC[C@@](C)(C(=O)O[C@@H](CC(=O)O)[C@]2(C)CC[C@@H]([C@](C)(CCCOC(=O)c3ccccc3)OC(=O)c3ccccc3)O2)O1. The maximum absolute atomic E-state index is 14.3. The first-order valence-corrected chi connectivity index (χ1v) is 22.3. The van der Waals surface area contributed by atoms with Crippen LogP contribution < -0.4 is 0 Å². The molecule has 6 rings (SSSR count). The van der Waals surface area contributed by atoms with Gasteiger partial charge in [-0.25, -0.2) is 24.0 Å². The lowest BCUT2D eigenvalue weighted by molar-refractivity contribution is -0.206. The fourth-order valence-corrected chi connectivity index (χ4v) is 8.48. The van der Waals surface area contributed by atoms with Crippen LogP contribution in [0.4, 0.5) is 0 Å². The van der Waals surface area contributed by atoms with Crippen LogP contribution in [0, 0.1) is 0 Å². The molecular weight excluding hydrogens is 849 g/mol. The van der Waals surface area contributed by atoms with Crippen LogP contribution in [0.1, 0.15) is 127 Å². The van der Waals surface area contributed by atoms with E-state index in [4.69, 9.17) is 33.2 Å². The van der Waals surface area contributed by atoms with Gasteiger partial charge >= 0.3 is 35.8 Å². The first-order chi connectivity index (χ1) is 31.5. The van der Waals surface area contributed by atoms with Crippen molar-refractivity contribution in [2.45, 2.75) is 126 Å². The van der Waals surface area contributed by atoms with Gasteiger partial charge in [-0.3, -0.25) is 4.79 Å². The smallest absolute Gasteiger partial charge is 0.338 e. The van der Waals surface area contributed by atoms with E-state index in [2.05, 4.69) is 0 Å². The summed E-state index contributed by atoms with van der Waals surface area (Å²) in [7, 11) is 0. The number of carboxylic acid groups (broad SMARTS) is 1. The number of carbonyl (C=O) groups excluding carboxylic acids is 5. The van der Waals surface area contributed by atoms with Gasteiger partial charge in [0.15, 0.2) is 5.60 Å². The maximum atomic E-state index is 14.3. The number of hydrogen-bond donors (Lipinski definition) is 1. The van der Waals surface area contributed by atoms with Crippen LogP contribution in [0.3, 0.4) is 0 Å². The Balaban J connectivity index is 1.14. The molecule has 4 aromatic carbocycles. The maximum Gasteiger partial charge on any atom is 0.338 e. The molecule has 2 aliphatic rings. The van der Waals surface area contributed by atoms with Crippen LogP contribution in [0.2, 0.25) is 0 Å². The third-order valence-corrected chi connectivity index (χ3v) is 12.5. The topological polar surface area (TPSA) is 187 Å². The van der Waals surface area contributed by atoms with Crippen molar-refractivity contribution in [2.24, 2.45) is 0 Å². The van der Waals surface area contributed by atoms with Gasteiger partial charge in [0.25, 0.3) is 0 Å². The van der Waals surface area contributed by atoms with Crippen LogP contribution in [-0.4, -0.2) is 94.9 Å². The van der Waals surface area contributed by atoms with Crippen LogP contribution in [-0.2, 0) is 42.7 Å². The third-order valence-electron chi connectivity index (χ3n) is 12.5. The van der Waals surface area contributed by atoms with Crippen molar-refractivity contribution in [2.75, 3.05) is 13.2 Å². The van der Waals surface area contributed by atoms with E-state index in [-0.39, 0.29) is 45.3 Å². The number of carboxylic acids is 1. The average Bonchev–Trinajstić information content (AvgIpc) is 3.95. The van der Waals surface area contributed by atoms with Gasteiger partial charge in [0.2, 0.25) is 0 Å². The van der Waals surface area contributed by atoms with Crippen molar-refractivity contribution >= 4 is 35.8 Å². The van der Waals surface area contributed by atoms with E-state index < -0.39 is 83.0 Å². The highest BCUT2D eigenvalue weighted by Crippen LogP contribution is 2.45. The zero-order chi connectivity index (χ0) is 47.4. The summed E-state index contributed by atoms with van der Waals surface area (Å²) in [6.07, 6.45) is -1.46. The molecule has 0 amide bonds. The van der Waals surface area contributed by atoms with Gasteiger partial charge in [-0.05, 0) is 128 Å². The van der Waals surface area contributed by atoms with E-state index in [1.165, 1.54) is 0 Å². The van der Waals surface area contributed by atoms with Gasteiger partial charge in [-0.1, -0.05) is 72.8 Å². The number of hydrogen-bond acceptors (Lipinski definition) is 13. The molecule has 0 aliphatic carbocycles. The zero-order valence-electron chi connectivity index (χ0n) is 37.8. The highest BCUT2D eigenvalue weighted by atomic mass is 16.6. The van der Waals surface area contributed by atoms with E-state index in [1.807, 2.05) is 0 Å². The second-order valence-electron chi connectivity index (χ2n) is 17.7. The Morgan fingerprint density at radius 2 is 0.970 bits per heavy atom. The van der Waals surface area contributed by atoms with Crippen molar-refractivity contribution in [1.82, 2.24) is 0 Å². The number of esters is 5. The monoisotopic (exact) mass is 906 g/mol. The Kier molecular flexibility index (Phi) is 16.2. The minimum absolute atomic E-state index is 0.0287. The second kappa shape index (κ2) is 21.7. The van der Waals surface area contributed by atoms with Crippen LogP contribution in [0.5, 0.6) is 0 Å². The van der Waals surface area contributed by atoms with Crippen LogP contribution in [0.15, 0.2) is 121 Å². The molecule has 4 aromatic rings. The molecular formula is C52H58O14. The van der Waals surface area contributed by atoms with Gasteiger partial charge in [0, 0.05) is 0 Å². The lowest BCUT2D eigenvalue weighted by Gasteiger charge is -2.39. The molecule has 0 unspecified atom stereocenters. The summed E-state index contributed by atoms with van der Waals surface area (Å²) in [6.45, 7) is 6.72. The number of aliphatic carboxylic acids is 1. The Labute approximate surface area is 384 Å². The number of benzene rings is 4. The molecule has 350 valence electrons. The molecule has 7 atom stereocenters. The van der Waals surface area contributed by atoms with E-state index in [0.717, 1.165) is 0 Å². The summed E-state index contributed by atoms with van der Waals surface area (Å²) < 4.78 is 42.6.